The van der Waals surface area contributed by atoms with Crippen molar-refractivity contribution in [3.8, 4) is 11.8 Å². The van der Waals surface area contributed by atoms with Gasteiger partial charge < -0.3 is 4.79 Å². The Bertz CT molecular complexity index is 338. The van der Waals surface area contributed by atoms with Crippen LogP contribution < -0.4 is 0 Å². The molecule has 0 aliphatic carbocycles. The van der Waals surface area contributed by atoms with Gasteiger partial charge in [0.05, 0.1) is 12.0 Å². The Morgan fingerprint density at radius 3 is 3.17 bits per heavy atom. The highest BCUT2D eigenvalue weighted by molar-refractivity contribution is 5.54. The molecule has 0 radical (unpaired) electrons. The molecule has 1 rings (SSSR count). The van der Waals surface area contributed by atoms with E-state index in [0.717, 1.165) is 0 Å². The highest BCUT2D eigenvalue weighted by atomic mass is 19.1. The fourth-order valence-corrected chi connectivity index (χ4v) is 0.667. The van der Waals surface area contributed by atoms with E-state index >= 15 is 0 Å². The molecule has 0 amide bonds. The molecule has 1 heterocycles. The lowest BCUT2D eigenvalue weighted by atomic mass is 10.3. The molecule has 0 saturated carbocycles. The smallest absolute Gasteiger partial charge is 0.228 e. The van der Waals surface area contributed by atoms with Crippen molar-refractivity contribution in [1.82, 2.24) is 4.98 Å². The largest absolute Gasteiger partial charge is 0.302 e. The van der Waals surface area contributed by atoms with Gasteiger partial charge in [0.15, 0.2) is 0 Å². The summed E-state index contributed by atoms with van der Waals surface area (Å²) >= 11 is 0. The van der Waals surface area contributed by atoms with E-state index in [9.17, 15) is 9.18 Å². The van der Waals surface area contributed by atoms with E-state index in [0.29, 0.717) is 6.29 Å². The van der Waals surface area contributed by atoms with Gasteiger partial charge in [0, 0.05) is 6.20 Å². The summed E-state index contributed by atoms with van der Waals surface area (Å²) in [6.07, 6.45) is 2.13. The fourth-order valence-electron chi connectivity index (χ4n) is 0.667. The van der Waals surface area contributed by atoms with Crippen LogP contribution in [0.5, 0.6) is 0 Å². The first-order valence-corrected chi connectivity index (χ1v) is 3.37. The zero-order chi connectivity index (χ0) is 8.81. The molecule has 0 aliphatic heterocycles. The molecular formula is C9H6FNO. The number of aromatic nitrogens is 1. The number of aldehydes is 1. The Morgan fingerprint density at radius 2 is 2.50 bits per heavy atom. The Morgan fingerprint density at radius 1 is 1.67 bits per heavy atom. The van der Waals surface area contributed by atoms with Gasteiger partial charge >= 0.3 is 0 Å². The molecule has 12 heavy (non-hydrogen) atoms. The number of pyridine rings is 1. The minimum Gasteiger partial charge on any atom is -0.302 e. The lowest BCUT2D eigenvalue weighted by Gasteiger charge is -1.88. The second-order valence-electron chi connectivity index (χ2n) is 2.01. The van der Waals surface area contributed by atoms with Crippen molar-refractivity contribution in [2.24, 2.45) is 0 Å². The molecule has 1 aromatic heterocycles. The van der Waals surface area contributed by atoms with Crippen molar-refractivity contribution in [2.45, 2.75) is 6.42 Å². The predicted molar refractivity (Wildman–Crippen MR) is 41.8 cm³/mol. The fraction of sp³-hybridized carbons (Fsp3) is 0.111. The van der Waals surface area contributed by atoms with E-state index in [1.54, 1.807) is 6.07 Å². The van der Waals surface area contributed by atoms with Crippen LogP contribution in [0, 0.1) is 17.8 Å². The normalized spacial score (nSPS) is 8.42. The third kappa shape index (κ3) is 2.17. The summed E-state index contributed by atoms with van der Waals surface area (Å²) in [7, 11) is 0. The van der Waals surface area contributed by atoms with Crippen molar-refractivity contribution in [1.29, 1.82) is 0 Å². The van der Waals surface area contributed by atoms with Crippen molar-refractivity contribution in [3.63, 3.8) is 0 Å². The first-order chi connectivity index (χ1) is 5.84. The van der Waals surface area contributed by atoms with E-state index in [2.05, 4.69) is 16.8 Å². The van der Waals surface area contributed by atoms with Crippen LogP contribution in [-0.4, -0.2) is 11.3 Å². The molecule has 0 spiro atoms. The number of carbonyl (C=O) groups excluding carboxylic acids is 1. The van der Waals surface area contributed by atoms with Gasteiger partial charge in [0.25, 0.3) is 0 Å². The van der Waals surface area contributed by atoms with Crippen molar-refractivity contribution < 1.29 is 9.18 Å². The van der Waals surface area contributed by atoms with Crippen LogP contribution in [0.1, 0.15) is 12.0 Å². The molecule has 0 aromatic carbocycles. The van der Waals surface area contributed by atoms with Gasteiger partial charge in [-0.25, -0.2) is 4.98 Å². The molecule has 0 unspecified atom stereocenters. The summed E-state index contributed by atoms with van der Waals surface area (Å²) in [4.78, 5) is 13.3. The maximum Gasteiger partial charge on any atom is 0.228 e. The average molecular weight is 163 g/mol. The minimum atomic E-state index is -0.601. The summed E-state index contributed by atoms with van der Waals surface area (Å²) in [5, 5.41) is 0. The Labute approximate surface area is 69.4 Å². The lowest BCUT2D eigenvalue weighted by Crippen LogP contribution is -1.86. The highest BCUT2D eigenvalue weighted by Crippen LogP contribution is 1.99. The molecule has 1 aromatic rings. The zero-order valence-corrected chi connectivity index (χ0v) is 6.25. The number of halogens is 1. The molecule has 60 valence electrons. The lowest BCUT2D eigenvalue weighted by molar-refractivity contribution is -0.107. The predicted octanol–water partition coefficient (Wildman–Crippen LogP) is 1.16. The maximum absolute atomic E-state index is 12.7. The maximum atomic E-state index is 12.7. The van der Waals surface area contributed by atoms with E-state index < -0.39 is 5.95 Å². The third-order valence-electron chi connectivity index (χ3n) is 1.17. The average Bonchev–Trinajstić information content (AvgIpc) is 2.09. The molecule has 0 saturated heterocycles. The quantitative estimate of drug-likeness (QED) is 0.353. The summed E-state index contributed by atoms with van der Waals surface area (Å²) in [6.45, 7) is 0. The van der Waals surface area contributed by atoms with Gasteiger partial charge in [-0.2, -0.15) is 4.39 Å². The number of rotatable bonds is 1. The number of hydrogen-bond acceptors (Lipinski definition) is 2. The molecule has 2 nitrogen and oxygen atoms in total. The molecule has 0 aliphatic rings. The van der Waals surface area contributed by atoms with Gasteiger partial charge in [-0.3, -0.25) is 0 Å². The standard InChI is InChI=1S/C9H6FNO/c10-9-8(4-1-2-7-12)5-3-6-11-9/h3,5-7H,2H2. The van der Waals surface area contributed by atoms with Crippen LogP contribution in [0.3, 0.4) is 0 Å². The summed E-state index contributed by atoms with van der Waals surface area (Å²) < 4.78 is 12.7. The highest BCUT2D eigenvalue weighted by Gasteiger charge is 1.95. The van der Waals surface area contributed by atoms with Crippen molar-refractivity contribution >= 4 is 6.29 Å². The van der Waals surface area contributed by atoms with Crippen LogP contribution in [0.2, 0.25) is 0 Å². The molecule has 0 fully saturated rings. The van der Waals surface area contributed by atoms with Crippen LogP contribution in [0.15, 0.2) is 18.3 Å². The van der Waals surface area contributed by atoms with Gasteiger partial charge in [-0.1, -0.05) is 11.8 Å². The Hall–Kier alpha value is -1.69. The topological polar surface area (TPSA) is 30.0 Å². The van der Waals surface area contributed by atoms with Crippen LogP contribution in [0.25, 0.3) is 0 Å². The number of hydrogen-bond donors (Lipinski definition) is 0. The molecule has 0 N–H and O–H groups in total. The van der Waals surface area contributed by atoms with Crippen LogP contribution >= 0.6 is 0 Å². The van der Waals surface area contributed by atoms with E-state index in [1.165, 1.54) is 12.3 Å². The van der Waals surface area contributed by atoms with Crippen molar-refractivity contribution in [3.05, 3.63) is 29.8 Å². The van der Waals surface area contributed by atoms with E-state index in [-0.39, 0.29) is 12.0 Å². The number of carbonyl (C=O) groups is 1. The second-order valence-corrected chi connectivity index (χ2v) is 2.01. The van der Waals surface area contributed by atoms with Gasteiger partial charge in [-0.05, 0) is 12.1 Å². The van der Waals surface area contributed by atoms with Crippen LogP contribution in [0.4, 0.5) is 4.39 Å². The Kier molecular flexibility index (Phi) is 2.97. The Balaban J connectivity index is 2.84. The summed E-state index contributed by atoms with van der Waals surface area (Å²) in [5.41, 5.74) is 0.222. The summed E-state index contributed by atoms with van der Waals surface area (Å²) in [5.74, 6) is 4.39. The van der Waals surface area contributed by atoms with Gasteiger partial charge in [0.2, 0.25) is 5.95 Å². The second kappa shape index (κ2) is 4.24. The van der Waals surface area contributed by atoms with Gasteiger partial charge in [0.1, 0.15) is 6.29 Å². The SMILES string of the molecule is O=CCC#Cc1cccnc1F. The van der Waals surface area contributed by atoms with Crippen LogP contribution in [-0.2, 0) is 4.79 Å². The molecule has 0 atom stereocenters. The monoisotopic (exact) mass is 163 g/mol. The number of nitrogens with zero attached hydrogens (tertiary/aromatic N) is 1. The minimum absolute atomic E-state index is 0.119. The first-order valence-electron chi connectivity index (χ1n) is 3.37. The van der Waals surface area contributed by atoms with Crippen molar-refractivity contribution in [2.75, 3.05) is 0 Å². The molecule has 0 bridgehead atoms. The summed E-state index contributed by atoms with van der Waals surface area (Å²) in [6, 6.07) is 3.11. The van der Waals surface area contributed by atoms with E-state index in [1.807, 2.05) is 0 Å². The van der Waals surface area contributed by atoms with E-state index in [4.69, 9.17) is 0 Å². The third-order valence-corrected chi connectivity index (χ3v) is 1.17. The zero-order valence-electron chi connectivity index (χ0n) is 6.25. The molecular weight excluding hydrogens is 157 g/mol. The van der Waals surface area contributed by atoms with Gasteiger partial charge in [-0.15, -0.1) is 0 Å². The molecule has 3 heteroatoms. The first kappa shape index (κ1) is 8.41.